The molecule has 0 saturated carbocycles. The second kappa shape index (κ2) is 8.93. The smallest absolute Gasteiger partial charge is 0.263 e. The molecule has 1 aliphatic rings. The lowest BCUT2D eigenvalue weighted by Gasteiger charge is -2.10. The molecule has 1 aromatic carbocycles. The molecule has 2 rings (SSSR count). The van der Waals surface area contributed by atoms with E-state index in [1.807, 2.05) is 0 Å². The highest BCUT2D eigenvalue weighted by Gasteiger charge is 2.30. The Morgan fingerprint density at radius 3 is 2.80 bits per heavy atom. The van der Waals surface area contributed by atoms with Crippen molar-refractivity contribution in [2.45, 2.75) is 24.3 Å². The van der Waals surface area contributed by atoms with E-state index >= 15 is 0 Å². The summed E-state index contributed by atoms with van der Waals surface area (Å²) in [4.78, 5) is 16.5. The molecule has 1 amide bonds. The van der Waals surface area contributed by atoms with Gasteiger partial charge in [-0.05, 0) is 19.1 Å². The lowest BCUT2D eigenvalue weighted by molar-refractivity contribution is -0.121. The third kappa shape index (κ3) is 5.52. The van der Waals surface area contributed by atoms with Crippen molar-refractivity contribution >= 4 is 21.8 Å². The fourth-order valence-corrected chi connectivity index (χ4v) is 3.66. The van der Waals surface area contributed by atoms with Gasteiger partial charge < -0.3 is 15.4 Å². The maximum Gasteiger partial charge on any atom is 0.263 e. The fraction of sp³-hybridized carbons (Fsp3) is 0.500. The molecule has 0 spiro atoms. The molecule has 25 heavy (non-hydrogen) atoms. The van der Waals surface area contributed by atoms with Crippen molar-refractivity contribution < 1.29 is 17.9 Å². The number of methoxy groups -OCH3 is 1. The molecule has 0 radical (unpaired) electrons. The van der Waals surface area contributed by atoms with Crippen LogP contribution in [-0.2, 0) is 19.6 Å². The summed E-state index contributed by atoms with van der Waals surface area (Å²) < 4.78 is 31.4. The molecule has 0 aliphatic carbocycles. The van der Waals surface area contributed by atoms with Crippen LogP contribution >= 0.6 is 0 Å². The number of aliphatic imine (C=N–C) groups is 1. The largest absolute Gasteiger partial charge is 0.383 e. The molecule has 1 unspecified atom stereocenters. The first-order valence-electron chi connectivity index (χ1n) is 8.10. The minimum absolute atomic E-state index is 0.125. The van der Waals surface area contributed by atoms with Gasteiger partial charge in [0.15, 0.2) is 0 Å². The number of nitrogens with zero attached hydrogens (tertiary/aromatic N) is 1. The maximum atomic E-state index is 12.0. The summed E-state index contributed by atoms with van der Waals surface area (Å²) in [5.74, 6) is 0.164. The van der Waals surface area contributed by atoms with Crippen molar-refractivity contribution in [2.24, 2.45) is 4.99 Å². The predicted molar refractivity (Wildman–Crippen MR) is 95.1 cm³/mol. The van der Waals surface area contributed by atoms with Gasteiger partial charge in [-0.15, -0.1) is 0 Å². The first-order valence-corrected chi connectivity index (χ1v) is 9.58. The van der Waals surface area contributed by atoms with Gasteiger partial charge in [0, 0.05) is 38.7 Å². The van der Waals surface area contributed by atoms with E-state index in [0.29, 0.717) is 25.3 Å². The van der Waals surface area contributed by atoms with E-state index in [1.165, 1.54) is 6.07 Å². The number of nitrogens with one attached hydrogen (secondary N) is 3. The minimum atomic E-state index is -3.55. The van der Waals surface area contributed by atoms with Gasteiger partial charge in [-0.25, -0.2) is 8.42 Å². The van der Waals surface area contributed by atoms with Gasteiger partial charge >= 0.3 is 0 Å². The van der Waals surface area contributed by atoms with Gasteiger partial charge in [0.25, 0.3) is 10.0 Å². The zero-order valence-electron chi connectivity index (χ0n) is 14.4. The van der Waals surface area contributed by atoms with Crippen LogP contribution in [0.4, 0.5) is 0 Å². The Kier molecular flexibility index (Phi) is 6.91. The molecule has 3 N–H and O–H groups in total. The average molecular weight is 368 g/mol. The van der Waals surface area contributed by atoms with Crippen LogP contribution in [0.5, 0.6) is 0 Å². The Morgan fingerprint density at radius 2 is 2.04 bits per heavy atom. The second-order valence-corrected chi connectivity index (χ2v) is 7.38. The number of carbonyl (C=O) groups excluding carboxylic acids is 1. The Hall–Kier alpha value is -1.97. The maximum absolute atomic E-state index is 12.0. The van der Waals surface area contributed by atoms with Crippen molar-refractivity contribution in [1.29, 1.82) is 0 Å². The summed E-state index contributed by atoms with van der Waals surface area (Å²) in [5, 5.41) is 5.93. The van der Waals surface area contributed by atoms with Crippen LogP contribution in [-0.4, -0.2) is 59.6 Å². The molecule has 138 valence electrons. The van der Waals surface area contributed by atoms with Gasteiger partial charge in [-0.3, -0.25) is 14.5 Å². The van der Waals surface area contributed by atoms with E-state index in [9.17, 15) is 13.2 Å². The third-order valence-electron chi connectivity index (χ3n) is 3.60. The third-order valence-corrected chi connectivity index (χ3v) is 5.00. The highest BCUT2D eigenvalue weighted by atomic mass is 32.2. The van der Waals surface area contributed by atoms with Gasteiger partial charge in [-0.1, -0.05) is 12.1 Å². The summed E-state index contributed by atoms with van der Waals surface area (Å²) >= 11 is 0. The van der Waals surface area contributed by atoms with Gasteiger partial charge in [0.05, 0.1) is 17.5 Å². The Bertz CT molecular complexity index is 733. The zero-order valence-corrected chi connectivity index (χ0v) is 15.2. The second-order valence-electron chi connectivity index (χ2n) is 5.73. The molecular formula is C16H24N4O4S. The van der Waals surface area contributed by atoms with Crippen LogP contribution in [0.15, 0.2) is 34.2 Å². The number of carbonyl (C=O) groups is 1. The lowest BCUT2D eigenvalue weighted by Crippen LogP contribution is -2.34. The summed E-state index contributed by atoms with van der Waals surface area (Å²) in [6.07, 6.45) is 0.186. The Morgan fingerprint density at radius 1 is 1.28 bits per heavy atom. The molecule has 1 aliphatic heterocycles. The summed E-state index contributed by atoms with van der Waals surface area (Å²) in [6, 6.07) is 6.31. The van der Waals surface area contributed by atoms with Gasteiger partial charge in [0.1, 0.15) is 5.84 Å². The quantitative estimate of drug-likeness (QED) is 0.526. The zero-order chi connectivity index (χ0) is 18.3. The van der Waals surface area contributed by atoms with Crippen LogP contribution in [0.2, 0.25) is 0 Å². The molecule has 8 nitrogen and oxygen atoms in total. The van der Waals surface area contributed by atoms with Crippen LogP contribution in [0.1, 0.15) is 18.9 Å². The number of hydrogen-bond donors (Lipinski definition) is 3. The monoisotopic (exact) mass is 368 g/mol. The predicted octanol–water partition coefficient (Wildman–Crippen LogP) is -0.144. The standard InChI is InChI=1S/C16H24N4O4S/c1-12(11-15(21)18-8-7-17-9-10-24-2)19-16-13-5-3-4-6-14(13)25(22,23)20-16/h3-6,12,17H,7-11H2,1-2H3,(H,18,21)(H,19,20). The van der Waals surface area contributed by atoms with E-state index in [0.717, 1.165) is 6.54 Å². The fourth-order valence-electron chi connectivity index (χ4n) is 2.43. The lowest BCUT2D eigenvalue weighted by atomic mass is 10.2. The van der Waals surface area contributed by atoms with Crippen LogP contribution in [0.25, 0.3) is 0 Å². The molecule has 0 saturated heterocycles. The van der Waals surface area contributed by atoms with Crippen molar-refractivity contribution in [1.82, 2.24) is 15.4 Å². The topological polar surface area (TPSA) is 109 Å². The van der Waals surface area contributed by atoms with Crippen molar-refractivity contribution in [3.05, 3.63) is 29.8 Å². The molecule has 0 fully saturated rings. The molecule has 9 heteroatoms. The van der Waals surface area contributed by atoms with E-state index < -0.39 is 10.0 Å². The number of amidine groups is 1. The average Bonchev–Trinajstić information content (AvgIpc) is 2.82. The van der Waals surface area contributed by atoms with Crippen molar-refractivity contribution in [3.63, 3.8) is 0 Å². The number of amides is 1. The SMILES string of the molecule is COCCNCCNC(=O)CC(C)N=C1NS(=O)(=O)c2ccccc21. The first kappa shape index (κ1) is 19.4. The van der Waals surface area contributed by atoms with Crippen LogP contribution in [0, 0.1) is 0 Å². The number of rotatable bonds is 9. The first-order chi connectivity index (χ1) is 11.9. The molecule has 0 bridgehead atoms. The molecule has 1 atom stereocenters. The van der Waals surface area contributed by atoms with Crippen LogP contribution < -0.4 is 15.4 Å². The van der Waals surface area contributed by atoms with Crippen LogP contribution in [0.3, 0.4) is 0 Å². The molecule has 1 heterocycles. The number of fused-ring (bicyclic) bond motifs is 1. The van der Waals surface area contributed by atoms with Crippen molar-refractivity contribution in [3.8, 4) is 0 Å². The Balaban J connectivity index is 1.85. The molecule has 0 aromatic heterocycles. The number of hydrogen-bond acceptors (Lipinski definition) is 6. The van der Waals surface area contributed by atoms with E-state index in [-0.39, 0.29) is 29.1 Å². The highest BCUT2D eigenvalue weighted by Crippen LogP contribution is 2.22. The summed E-state index contributed by atoms with van der Waals surface area (Å²) in [6.45, 7) is 4.31. The summed E-state index contributed by atoms with van der Waals surface area (Å²) in [7, 11) is -1.92. The number of ether oxygens (including phenoxy) is 1. The minimum Gasteiger partial charge on any atom is -0.383 e. The highest BCUT2D eigenvalue weighted by molar-refractivity contribution is 7.90. The molecular weight excluding hydrogens is 344 g/mol. The Labute approximate surface area is 148 Å². The van der Waals surface area contributed by atoms with E-state index in [1.54, 1.807) is 32.2 Å². The normalized spacial score (nSPS) is 17.8. The van der Waals surface area contributed by atoms with Crippen molar-refractivity contribution in [2.75, 3.05) is 33.4 Å². The number of sulfonamides is 1. The summed E-state index contributed by atoms with van der Waals surface area (Å²) in [5.41, 5.74) is 0.539. The molecule has 1 aromatic rings. The van der Waals surface area contributed by atoms with Gasteiger partial charge in [0.2, 0.25) is 5.91 Å². The van der Waals surface area contributed by atoms with Gasteiger partial charge in [-0.2, -0.15) is 0 Å². The van der Waals surface area contributed by atoms with E-state index in [4.69, 9.17) is 4.74 Å². The number of benzene rings is 1. The van der Waals surface area contributed by atoms with E-state index in [2.05, 4.69) is 20.3 Å².